The summed E-state index contributed by atoms with van der Waals surface area (Å²) in [6.07, 6.45) is 15.6. The number of rotatable bonds is 9. The minimum Gasteiger partial charge on any atom is -0.396 e. The molecular weight excluding hydrogens is 212 g/mol. The van der Waals surface area contributed by atoms with Gasteiger partial charge in [0, 0.05) is 6.61 Å². The Kier molecular flexibility index (Phi) is 11.9. The van der Waals surface area contributed by atoms with Crippen molar-refractivity contribution in [1.82, 2.24) is 0 Å². The van der Waals surface area contributed by atoms with Crippen molar-refractivity contribution in [3.8, 4) is 24.2 Å². The van der Waals surface area contributed by atoms with Crippen LogP contribution in [0.15, 0.2) is 12.2 Å². The first-order valence-corrected chi connectivity index (χ1v) is 6.23. The topological polar surface area (TPSA) is 40.5 Å². The van der Waals surface area contributed by atoms with Crippen LogP contribution in [0.5, 0.6) is 0 Å². The molecule has 0 heterocycles. The monoisotopic (exact) mass is 234 g/mol. The normalized spacial score (nSPS) is 11.8. The Balaban J connectivity index is 3.33. The molecule has 0 radical (unpaired) electrons. The second kappa shape index (κ2) is 12.8. The molecule has 0 aromatic rings. The zero-order chi connectivity index (χ0) is 12.8. The maximum absolute atomic E-state index is 9.30. The Morgan fingerprint density at radius 3 is 2.35 bits per heavy atom. The van der Waals surface area contributed by atoms with Gasteiger partial charge in [-0.1, -0.05) is 37.7 Å². The van der Waals surface area contributed by atoms with Crippen LogP contribution < -0.4 is 0 Å². The molecule has 0 spiro atoms. The first kappa shape index (κ1) is 15.8. The van der Waals surface area contributed by atoms with Gasteiger partial charge in [-0.3, -0.25) is 0 Å². The molecule has 94 valence electrons. The van der Waals surface area contributed by atoms with Gasteiger partial charge in [0.15, 0.2) is 0 Å². The second-order valence-electron chi connectivity index (χ2n) is 3.92. The number of aliphatic hydroxyl groups excluding tert-OH is 2. The molecule has 0 rings (SSSR count). The average molecular weight is 234 g/mol. The molecule has 1 unspecified atom stereocenters. The van der Waals surface area contributed by atoms with Crippen molar-refractivity contribution in [3.63, 3.8) is 0 Å². The fraction of sp³-hybridized carbons (Fsp3) is 0.600. The molecule has 0 aliphatic carbocycles. The van der Waals surface area contributed by atoms with Crippen LogP contribution in [0.4, 0.5) is 0 Å². The van der Waals surface area contributed by atoms with Gasteiger partial charge in [-0.25, -0.2) is 0 Å². The van der Waals surface area contributed by atoms with Crippen molar-refractivity contribution in [1.29, 1.82) is 0 Å². The average Bonchev–Trinajstić information content (AvgIpc) is 2.34. The molecule has 17 heavy (non-hydrogen) atoms. The van der Waals surface area contributed by atoms with Gasteiger partial charge in [0.1, 0.15) is 6.10 Å². The van der Waals surface area contributed by atoms with Crippen LogP contribution >= 0.6 is 0 Å². The highest BCUT2D eigenvalue weighted by Crippen LogP contribution is 2.07. The van der Waals surface area contributed by atoms with E-state index in [1.54, 1.807) is 6.08 Å². The maximum Gasteiger partial charge on any atom is 0.134 e. The molecule has 0 amide bonds. The lowest BCUT2D eigenvalue weighted by Crippen LogP contribution is -1.96. The van der Waals surface area contributed by atoms with E-state index in [0.29, 0.717) is 6.61 Å². The van der Waals surface area contributed by atoms with E-state index in [1.807, 2.05) is 6.08 Å². The van der Waals surface area contributed by atoms with Gasteiger partial charge in [0.05, 0.1) is 0 Å². The third kappa shape index (κ3) is 12.7. The van der Waals surface area contributed by atoms with E-state index >= 15 is 0 Å². The van der Waals surface area contributed by atoms with Gasteiger partial charge in [-0.05, 0) is 37.2 Å². The lowest BCUT2D eigenvalue weighted by Gasteiger charge is -1.99. The van der Waals surface area contributed by atoms with E-state index in [2.05, 4.69) is 17.8 Å². The molecule has 0 fully saturated rings. The third-order valence-corrected chi connectivity index (χ3v) is 2.39. The number of aliphatic hydroxyl groups is 2. The Morgan fingerprint density at radius 2 is 1.71 bits per heavy atom. The van der Waals surface area contributed by atoms with E-state index in [4.69, 9.17) is 11.5 Å². The Morgan fingerprint density at radius 1 is 1.06 bits per heavy atom. The van der Waals surface area contributed by atoms with E-state index < -0.39 is 6.10 Å². The smallest absolute Gasteiger partial charge is 0.134 e. The number of unbranched alkanes of at least 4 members (excludes halogenated alkanes) is 6. The fourth-order valence-corrected chi connectivity index (χ4v) is 1.47. The van der Waals surface area contributed by atoms with Crippen LogP contribution in [0.1, 0.15) is 44.9 Å². The van der Waals surface area contributed by atoms with Crippen LogP contribution in [-0.4, -0.2) is 22.9 Å². The quantitative estimate of drug-likeness (QED) is 0.365. The molecule has 0 bridgehead atoms. The molecule has 0 aromatic carbocycles. The van der Waals surface area contributed by atoms with Crippen LogP contribution in [0.25, 0.3) is 0 Å². The van der Waals surface area contributed by atoms with Crippen LogP contribution in [0.2, 0.25) is 0 Å². The minimum atomic E-state index is -0.740. The molecule has 0 saturated carbocycles. The zero-order valence-corrected chi connectivity index (χ0v) is 10.4. The lowest BCUT2D eigenvalue weighted by atomic mass is 10.1. The first-order valence-electron chi connectivity index (χ1n) is 6.23. The predicted molar refractivity (Wildman–Crippen MR) is 71.2 cm³/mol. The van der Waals surface area contributed by atoms with Crippen molar-refractivity contribution in [2.45, 2.75) is 51.0 Å². The molecule has 1 atom stereocenters. The molecule has 2 heteroatoms. The van der Waals surface area contributed by atoms with Gasteiger partial charge in [0.25, 0.3) is 0 Å². The molecule has 2 nitrogen and oxygen atoms in total. The Hall–Kier alpha value is -1.22. The summed E-state index contributed by atoms with van der Waals surface area (Å²) in [5.41, 5.74) is 0. The largest absolute Gasteiger partial charge is 0.396 e. The molecule has 0 aromatic heterocycles. The molecule has 0 aliphatic rings. The zero-order valence-electron chi connectivity index (χ0n) is 10.4. The summed E-state index contributed by atoms with van der Waals surface area (Å²) in [7, 11) is 0. The summed E-state index contributed by atoms with van der Waals surface area (Å²) >= 11 is 0. The van der Waals surface area contributed by atoms with Crippen LogP contribution in [-0.2, 0) is 0 Å². The van der Waals surface area contributed by atoms with Gasteiger partial charge >= 0.3 is 0 Å². The minimum absolute atomic E-state index is 0.305. The number of terminal acetylenes is 1. The third-order valence-electron chi connectivity index (χ3n) is 2.39. The number of hydrogen-bond donors (Lipinski definition) is 2. The van der Waals surface area contributed by atoms with Crippen molar-refractivity contribution in [3.05, 3.63) is 12.2 Å². The van der Waals surface area contributed by atoms with Crippen molar-refractivity contribution in [2.24, 2.45) is 0 Å². The van der Waals surface area contributed by atoms with E-state index in [1.165, 1.54) is 19.3 Å². The van der Waals surface area contributed by atoms with Crippen molar-refractivity contribution in [2.75, 3.05) is 6.61 Å². The summed E-state index contributed by atoms with van der Waals surface area (Å²) in [5, 5.41) is 17.9. The van der Waals surface area contributed by atoms with Gasteiger partial charge in [0.2, 0.25) is 0 Å². The standard InChI is InChI=1S/C15H22O2/c1-2-3-12-15(17)13-10-8-6-4-5-7-9-11-14-16/h1,10,13,15-17H,4-9,11,14H2/b13-10+. The maximum atomic E-state index is 9.30. The summed E-state index contributed by atoms with van der Waals surface area (Å²) in [6.45, 7) is 0.305. The van der Waals surface area contributed by atoms with Gasteiger partial charge in [-0.15, -0.1) is 6.42 Å². The fourth-order valence-electron chi connectivity index (χ4n) is 1.47. The number of allylic oxidation sites excluding steroid dienone is 1. The summed E-state index contributed by atoms with van der Waals surface area (Å²) in [5.74, 6) is 7.06. The first-order chi connectivity index (χ1) is 8.31. The van der Waals surface area contributed by atoms with Crippen molar-refractivity contribution < 1.29 is 10.2 Å². The predicted octanol–water partition coefficient (Wildman–Crippen LogP) is 2.26. The highest BCUT2D eigenvalue weighted by Gasteiger charge is 1.91. The summed E-state index contributed by atoms with van der Waals surface area (Å²) in [4.78, 5) is 0. The SMILES string of the molecule is C#CC#CC(O)/C=C/CCCCCCCCO. The lowest BCUT2D eigenvalue weighted by molar-refractivity contribution is 0.280. The molecule has 0 aliphatic heterocycles. The van der Waals surface area contributed by atoms with Gasteiger partial charge < -0.3 is 10.2 Å². The second-order valence-corrected chi connectivity index (χ2v) is 3.92. The van der Waals surface area contributed by atoms with E-state index in [-0.39, 0.29) is 0 Å². The van der Waals surface area contributed by atoms with Crippen LogP contribution in [0, 0.1) is 24.2 Å². The van der Waals surface area contributed by atoms with Crippen molar-refractivity contribution >= 4 is 0 Å². The Bertz CT molecular complexity index is 288. The molecular formula is C15H22O2. The summed E-state index contributed by atoms with van der Waals surface area (Å²) in [6, 6.07) is 0. The Labute approximate surface area is 105 Å². The number of hydrogen-bond acceptors (Lipinski definition) is 2. The molecule has 0 saturated heterocycles. The highest BCUT2D eigenvalue weighted by atomic mass is 16.3. The van der Waals surface area contributed by atoms with E-state index in [9.17, 15) is 5.11 Å². The molecule has 2 N–H and O–H groups in total. The summed E-state index contributed by atoms with van der Waals surface area (Å²) < 4.78 is 0. The van der Waals surface area contributed by atoms with E-state index in [0.717, 1.165) is 25.7 Å². The highest BCUT2D eigenvalue weighted by molar-refractivity contribution is 5.25. The van der Waals surface area contributed by atoms with Gasteiger partial charge in [-0.2, -0.15) is 0 Å². The van der Waals surface area contributed by atoms with Crippen LogP contribution in [0.3, 0.4) is 0 Å².